The van der Waals surface area contributed by atoms with E-state index in [-0.39, 0.29) is 34.3 Å². The largest absolute Gasteiger partial charge is 0.487 e. The third kappa shape index (κ3) is 5.02. The minimum Gasteiger partial charge on any atom is -0.487 e. The molecule has 1 aliphatic heterocycles. The van der Waals surface area contributed by atoms with Gasteiger partial charge in [-0.3, -0.25) is 25.0 Å². The first kappa shape index (κ1) is 23.6. The van der Waals surface area contributed by atoms with Crippen molar-refractivity contribution in [3.63, 3.8) is 0 Å². The Balaban J connectivity index is 1.58. The Hall–Kier alpha value is -4.57. The molecule has 9 nitrogen and oxygen atoms in total. The molecule has 1 N–H and O–H groups in total. The monoisotopic (exact) mass is 495 g/mol. The van der Waals surface area contributed by atoms with Crippen molar-refractivity contribution in [2.75, 3.05) is 4.90 Å². The van der Waals surface area contributed by atoms with Crippen LogP contribution in [0.25, 0.3) is 6.08 Å². The molecular weight excluding hydrogens is 481 g/mol. The first-order chi connectivity index (χ1) is 16.7. The van der Waals surface area contributed by atoms with E-state index in [0.29, 0.717) is 16.0 Å². The van der Waals surface area contributed by atoms with Gasteiger partial charge in [-0.25, -0.2) is 14.1 Å². The summed E-state index contributed by atoms with van der Waals surface area (Å²) in [5.41, 5.74) is -0.101. The second-order valence-electron chi connectivity index (χ2n) is 7.30. The molecule has 4 rings (SSSR count). The molecular formula is C24H15ClFN3O6. The van der Waals surface area contributed by atoms with E-state index in [1.165, 1.54) is 48.5 Å². The highest BCUT2D eigenvalue weighted by Gasteiger charge is 2.37. The normalized spacial score (nSPS) is 14.7. The Labute approximate surface area is 202 Å². The number of carbonyl (C=O) groups excluding carboxylic acids is 3. The highest BCUT2D eigenvalue weighted by Crippen LogP contribution is 2.29. The van der Waals surface area contributed by atoms with Crippen LogP contribution in [0.1, 0.15) is 11.1 Å². The predicted octanol–water partition coefficient (Wildman–Crippen LogP) is 4.63. The number of hydrogen-bond acceptors (Lipinski definition) is 6. The van der Waals surface area contributed by atoms with Crippen LogP contribution in [0.3, 0.4) is 0 Å². The van der Waals surface area contributed by atoms with E-state index in [4.69, 9.17) is 16.3 Å². The Kier molecular flexibility index (Phi) is 6.56. The van der Waals surface area contributed by atoms with E-state index in [9.17, 15) is 28.9 Å². The van der Waals surface area contributed by atoms with Crippen LogP contribution in [0.2, 0.25) is 5.02 Å². The molecule has 4 amide bonds. The number of halogens is 2. The van der Waals surface area contributed by atoms with Crippen LogP contribution in [0.4, 0.5) is 20.6 Å². The highest BCUT2D eigenvalue weighted by atomic mass is 35.5. The SMILES string of the molecule is O=C1NC(=O)N(c2cccc([N+](=O)[O-])c2)C(=O)C1=Cc1ccc(OCc2ccccc2F)c(Cl)c1. The molecule has 3 aromatic rings. The van der Waals surface area contributed by atoms with Crippen LogP contribution in [-0.4, -0.2) is 22.8 Å². The molecule has 0 aromatic heterocycles. The van der Waals surface area contributed by atoms with Gasteiger partial charge in [-0.1, -0.05) is 41.9 Å². The number of hydrogen-bond donors (Lipinski definition) is 1. The average Bonchev–Trinajstić information content (AvgIpc) is 2.82. The van der Waals surface area contributed by atoms with Crippen LogP contribution in [-0.2, 0) is 16.2 Å². The van der Waals surface area contributed by atoms with Gasteiger partial charge in [0.1, 0.15) is 23.7 Å². The van der Waals surface area contributed by atoms with Crippen molar-refractivity contribution in [3.8, 4) is 5.75 Å². The third-order valence-electron chi connectivity index (χ3n) is 5.01. The number of nitrogens with zero attached hydrogens (tertiary/aromatic N) is 2. The van der Waals surface area contributed by atoms with Crippen molar-refractivity contribution in [1.82, 2.24) is 5.32 Å². The Morgan fingerprint density at radius 3 is 2.54 bits per heavy atom. The van der Waals surface area contributed by atoms with Gasteiger partial charge < -0.3 is 4.74 Å². The number of barbiturate groups is 1. The minimum atomic E-state index is -1.03. The van der Waals surface area contributed by atoms with Gasteiger partial charge in [-0.05, 0) is 35.9 Å². The fourth-order valence-electron chi connectivity index (χ4n) is 3.30. The number of anilines is 1. The zero-order valence-corrected chi connectivity index (χ0v) is 18.5. The van der Waals surface area contributed by atoms with Gasteiger partial charge in [0.05, 0.1) is 15.6 Å². The molecule has 176 valence electrons. The summed E-state index contributed by atoms with van der Waals surface area (Å²) in [4.78, 5) is 48.7. The Bertz CT molecular complexity index is 1410. The number of ether oxygens (including phenoxy) is 1. The number of benzene rings is 3. The fourth-order valence-corrected chi connectivity index (χ4v) is 3.54. The number of rotatable bonds is 6. The maximum Gasteiger partial charge on any atom is 0.335 e. The summed E-state index contributed by atoms with van der Waals surface area (Å²) >= 11 is 6.26. The molecule has 0 unspecified atom stereocenters. The summed E-state index contributed by atoms with van der Waals surface area (Å²) in [7, 11) is 0. The van der Waals surface area contributed by atoms with Gasteiger partial charge >= 0.3 is 6.03 Å². The zero-order chi connectivity index (χ0) is 25.1. The lowest BCUT2D eigenvalue weighted by Crippen LogP contribution is -2.54. The predicted molar refractivity (Wildman–Crippen MR) is 124 cm³/mol. The molecule has 0 atom stereocenters. The average molecular weight is 496 g/mol. The van der Waals surface area contributed by atoms with Crippen LogP contribution in [0, 0.1) is 15.9 Å². The molecule has 1 heterocycles. The van der Waals surface area contributed by atoms with Gasteiger partial charge in [0, 0.05) is 17.7 Å². The number of amides is 4. The molecule has 0 radical (unpaired) electrons. The summed E-state index contributed by atoms with van der Waals surface area (Å²) in [5.74, 6) is -2.06. The number of nitro benzene ring substituents is 1. The van der Waals surface area contributed by atoms with Gasteiger partial charge in [-0.2, -0.15) is 0 Å². The van der Waals surface area contributed by atoms with Crippen molar-refractivity contribution >= 4 is 46.9 Å². The zero-order valence-electron chi connectivity index (χ0n) is 17.7. The molecule has 0 saturated carbocycles. The van der Waals surface area contributed by atoms with E-state index >= 15 is 0 Å². The first-order valence-electron chi connectivity index (χ1n) is 10.1. The van der Waals surface area contributed by atoms with Crippen LogP contribution in [0.15, 0.2) is 72.3 Å². The van der Waals surface area contributed by atoms with E-state index < -0.39 is 28.6 Å². The highest BCUT2D eigenvalue weighted by molar-refractivity contribution is 6.39. The molecule has 1 saturated heterocycles. The van der Waals surface area contributed by atoms with E-state index in [1.807, 2.05) is 5.32 Å². The summed E-state index contributed by atoms with van der Waals surface area (Å²) in [5, 5.41) is 13.2. The standard InChI is InChI=1S/C24H15ClFN3O6/c25-19-11-14(8-9-21(19)35-13-15-4-1-2-7-20(15)26)10-18-22(30)27-24(32)28(23(18)31)16-5-3-6-17(12-16)29(33)34/h1-12H,13H2,(H,27,30,32). The van der Waals surface area contributed by atoms with Gasteiger partial charge in [0.25, 0.3) is 17.5 Å². The maximum atomic E-state index is 13.8. The number of non-ortho nitro benzene ring substituents is 1. The van der Waals surface area contributed by atoms with Crippen molar-refractivity contribution in [1.29, 1.82) is 0 Å². The first-order valence-corrected chi connectivity index (χ1v) is 10.4. The van der Waals surface area contributed by atoms with E-state index in [1.54, 1.807) is 18.2 Å². The molecule has 1 aliphatic rings. The van der Waals surface area contributed by atoms with Crippen molar-refractivity contribution in [2.45, 2.75) is 6.61 Å². The summed E-state index contributed by atoms with van der Waals surface area (Å²) in [6, 6.07) is 14.4. The number of urea groups is 1. The van der Waals surface area contributed by atoms with Gasteiger partial charge in [0.2, 0.25) is 0 Å². The third-order valence-corrected chi connectivity index (χ3v) is 5.30. The fraction of sp³-hybridized carbons (Fsp3) is 0.0417. The van der Waals surface area contributed by atoms with E-state index in [0.717, 1.165) is 6.07 Å². The topological polar surface area (TPSA) is 119 Å². The second-order valence-corrected chi connectivity index (χ2v) is 7.71. The molecule has 0 spiro atoms. The quantitative estimate of drug-likeness (QED) is 0.230. The minimum absolute atomic E-state index is 0.0615. The van der Waals surface area contributed by atoms with Crippen LogP contribution < -0.4 is 15.0 Å². The lowest BCUT2D eigenvalue weighted by atomic mass is 10.1. The lowest BCUT2D eigenvalue weighted by molar-refractivity contribution is -0.384. The number of imide groups is 2. The number of nitrogens with one attached hydrogen (secondary N) is 1. The van der Waals surface area contributed by atoms with Crippen molar-refractivity contribution < 1.29 is 28.4 Å². The molecule has 0 bridgehead atoms. The Morgan fingerprint density at radius 1 is 1.06 bits per heavy atom. The van der Waals surface area contributed by atoms with Crippen molar-refractivity contribution in [2.24, 2.45) is 0 Å². The summed E-state index contributed by atoms with van der Waals surface area (Å²) in [6.07, 6.45) is 1.22. The number of nitro groups is 1. The maximum absolute atomic E-state index is 13.8. The van der Waals surface area contributed by atoms with Gasteiger partial charge in [0.15, 0.2) is 0 Å². The molecule has 3 aromatic carbocycles. The lowest BCUT2D eigenvalue weighted by Gasteiger charge is -2.26. The van der Waals surface area contributed by atoms with E-state index in [2.05, 4.69) is 0 Å². The second kappa shape index (κ2) is 9.74. The number of carbonyl (C=O) groups is 3. The van der Waals surface area contributed by atoms with Crippen LogP contribution in [0.5, 0.6) is 5.75 Å². The van der Waals surface area contributed by atoms with Crippen LogP contribution >= 0.6 is 11.6 Å². The molecule has 0 aliphatic carbocycles. The summed E-state index contributed by atoms with van der Waals surface area (Å²) in [6.45, 7) is -0.0615. The Morgan fingerprint density at radius 2 is 1.83 bits per heavy atom. The van der Waals surface area contributed by atoms with Gasteiger partial charge in [-0.15, -0.1) is 0 Å². The molecule has 35 heavy (non-hydrogen) atoms. The summed E-state index contributed by atoms with van der Waals surface area (Å²) < 4.78 is 19.3. The molecule has 11 heteroatoms. The smallest absolute Gasteiger partial charge is 0.335 e. The molecule has 1 fully saturated rings. The van der Waals surface area contributed by atoms with Crippen molar-refractivity contribution in [3.05, 3.63) is 104 Å².